The number of rotatable bonds is 9. The fourth-order valence-corrected chi connectivity index (χ4v) is 4.78. The molecule has 6 nitrogen and oxygen atoms in total. The molecule has 31 heavy (non-hydrogen) atoms. The summed E-state index contributed by atoms with van der Waals surface area (Å²) in [4.78, 5) is 29.1. The van der Waals surface area contributed by atoms with Crippen LogP contribution < -0.4 is 10.1 Å². The number of hydrogen-bond acceptors (Lipinski definition) is 4. The minimum absolute atomic E-state index is 0.0302. The van der Waals surface area contributed by atoms with Crippen LogP contribution in [0.25, 0.3) is 0 Å². The molecule has 1 atom stereocenters. The molecule has 0 aromatic heterocycles. The Balaban J connectivity index is 1.48. The van der Waals surface area contributed by atoms with E-state index in [2.05, 4.69) is 19.2 Å². The number of amides is 2. The molecule has 1 saturated carbocycles. The van der Waals surface area contributed by atoms with E-state index in [1.165, 1.54) is 0 Å². The first kappa shape index (κ1) is 23.9. The van der Waals surface area contributed by atoms with Gasteiger partial charge in [-0.3, -0.25) is 9.59 Å². The van der Waals surface area contributed by atoms with Gasteiger partial charge in [-0.15, -0.1) is 0 Å². The van der Waals surface area contributed by atoms with Gasteiger partial charge in [0.05, 0.1) is 5.02 Å². The molecule has 1 aliphatic carbocycles. The number of piperidine rings is 1. The second kappa shape index (κ2) is 10.2. The summed E-state index contributed by atoms with van der Waals surface area (Å²) in [6.07, 6.45) is 4.84. The second-order valence-electron chi connectivity index (χ2n) is 9.17. The fraction of sp³-hybridized carbons (Fsp3) is 0.667. The van der Waals surface area contributed by atoms with Crippen LogP contribution in [0.4, 0.5) is 0 Å². The quantitative estimate of drug-likeness (QED) is 0.622. The molecule has 1 heterocycles. The third kappa shape index (κ3) is 5.72. The Morgan fingerprint density at radius 1 is 1.23 bits per heavy atom. The standard InChI is InChI=1S/C24H36ClN3O3/c1-5-24(6-2)16-19(24)23(30)28-12-9-18(10-13-28)31-21-8-7-17(15-20(21)25)22(29)26-11-14-27(3)4/h7-8,15,18-19H,5-6,9-14,16H2,1-4H3,(H,26,29)/t19-/m0/s1. The largest absolute Gasteiger partial charge is 0.489 e. The van der Waals surface area contributed by atoms with Crippen molar-refractivity contribution in [1.29, 1.82) is 0 Å². The maximum Gasteiger partial charge on any atom is 0.251 e. The number of ether oxygens (including phenoxy) is 1. The Morgan fingerprint density at radius 2 is 1.90 bits per heavy atom. The molecule has 1 aromatic rings. The molecule has 2 fully saturated rings. The lowest BCUT2D eigenvalue weighted by Gasteiger charge is -2.33. The van der Waals surface area contributed by atoms with Crippen LogP contribution in [0.1, 0.15) is 56.3 Å². The Labute approximate surface area is 191 Å². The monoisotopic (exact) mass is 449 g/mol. The molecule has 3 rings (SSSR count). The van der Waals surface area contributed by atoms with Crippen LogP contribution in [0.2, 0.25) is 5.02 Å². The summed E-state index contributed by atoms with van der Waals surface area (Å²) in [5.74, 6) is 0.988. The van der Waals surface area contributed by atoms with Crippen LogP contribution in [0, 0.1) is 11.3 Å². The minimum atomic E-state index is -0.141. The van der Waals surface area contributed by atoms with E-state index in [-0.39, 0.29) is 23.3 Å². The van der Waals surface area contributed by atoms with Crippen molar-refractivity contribution in [2.24, 2.45) is 11.3 Å². The summed E-state index contributed by atoms with van der Waals surface area (Å²) < 4.78 is 6.11. The van der Waals surface area contributed by atoms with Crippen molar-refractivity contribution in [2.75, 3.05) is 40.3 Å². The number of nitrogens with zero attached hydrogens (tertiary/aromatic N) is 2. The van der Waals surface area contributed by atoms with Gasteiger partial charge in [0.2, 0.25) is 5.91 Å². The number of nitrogens with one attached hydrogen (secondary N) is 1. The van der Waals surface area contributed by atoms with Crippen LogP contribution in [-0.2, 0) is 4.79 Å². The van der Waals surface area contributed by atoms with Crippen LogP contribution in [0.5, 0.6) is 5.75 Å². The first-order chi connectivity index (χ1) is 14.8. The van der Waals surface area contributed by atoms with Crippen molar-refractivity contribution in [3.8, 4) is 5.75 Å². The zero-order chi connectivity index (χ0) is 22.6. The second-order valence-corrected chi connectivity index (χ2v) is 9.58. The Hall–Kier alpha value is -1.79. The van der Waals surface area contributed by atoms with Gasteiger partial charge in [-0.1, -0.05) is 25.4 Å². The van der Waals surface area contributed by atoms with Crippen LogP contribution in [-0.4, -0.2) is 68.0 Å². The first-order valence-electron chi connectivity index (χ1n) is 11.5. The zero-order valence-electron chi connectivity index (χ0n) is 19.2. The van der Waals surface area contributed by atoms with E-state index in [1.54, 1.807) is 18.2 Å². The molecule has 0 spiro atoms. The SMILES string of the molecule is CCC1(CC)C[C@H]1C(=O)N1CCC(Oc2ccc(C(=O)NCCN(C)C)cc2Cl)CC1. The molecule has 1 aromatic carbocycles. The van der Waals surface area contributed by atoms with Crippen molar-refractivity contribution in [3.05, 3.63) is 28.8 Å². The Kier molecular flexibility index (Phi) is 7.87. The molecular formula is C24H36ClN3O3. The predicted molar refractivity (Wildman–Crippen MR) is 124 cm³/mol. The van der Waals surface area contributed by atoms with Gasteiger partial charge in [-0.2, -0.15) is 0 Å². The maximum atomic E-state index is 12.8. The summed E-state index contributed by atoms with van der Waals surface area (Å²) in [6, 6.07) is 5.16. The van der Waals surface area contributed by atoms with Crippen molar-refractivity contribution in [1.82, 2.24) is 15.1 Å². The van der Waals surface area contributed by atoms with E-state index < -0.39 is 0 Å². The molecule has 0 radical (unpaired) electrons. The molecule has 1 saturated heterocycles. The normalized spacial score (nSPS) is 20.6. The third-order valence-corrected chi connectivity index (χ3v) is 7.28. The van der Waals surface area contributed by atoms with E-state index >= 15 is 0 Å². The molecule has 1 N–H and O–H groups in total. The van der Waals surface area contributed by atoms with Gasteiger partial charge in [0, 0.05) is 50.5 Å². The number of carbonyl (C=O) groups is 2. The fourth-order valence-electron chi connectivity index (χ4n) is 4.56. The summed E-state index contributed by atoms with van der Waals surface area (Å²) in [5.41, 5.74) is 0.773. The summed E-state index contributed by atoms with van der Waals surface area (Å²) in [7, 11) is 3.93. The zero-order valence-corrected chi connectivity index (χ0v) is 20.0. The lowest BCUT2D eigenvalue weighted by Crippen LogP contribution is -2.43. The summed E-state index contributed by atoms with van der Waals surface area (Å²) in [5, 5.41) is 3.32. The van der Waals surface area contributed by atoms with Gasteiger partial charge in [-0.05, 0) is 57.0 Å². The van der Waals surface area contributed by atoms with Gasteiger partial charge in [-0.25, -0.2) is 0 Å². The predicted octanol–water partition coefficient (Wildman–Crippen LogP) is 3.83. The number of benzene rings is 1. The smallest absolute Gasteiger partial charge is 0.251 e. The summed E-state index contributed by atoms with van der Waals surface area (Å²) in [6.45, 7) is 7.21. The highest BCUT2D eigenvalue weighted by molar-refractivity contribution is 6.32. The number of likely N-dealkylation sites (tertiary alicyclic amines) is 1. The van der Waals surface area contributed by atoms with Crippen molar-refractivity contribution >= 4 is 23.4 Å². The van der Waals surface area contributed by atoms with Crippen LogP contribution in [0.3, 0.4) is 0 Å². The maximum absolute atomic E-state index is 12.8. The average molecular weight is 450 g/mol. The number of hydrogen-bond donors (Lipinski definition) is 1. The first-order valence-corrected chi connectivity index (χ1v) is 11.9. The van der Waals surface area contributed by atoms with Crippen molar-refractivity contribution in [2.45, 2.75) is 52.1 Å². The Bertz CT molecular complexity index is 786. The molecule has 0 bridgehead atoms. The molecule has 2 aliphatic rings. The molecule has 7 heteroatoms. The highest BCUT2D eigenvalue weighted by Crippen LogP contribution is 2.58. The minimum Gasteiger partial charge on any atom is -0.489 e. The van der Waals surface area contributed by atoms with Crippen molar-refractivity contribution in [3.63, 3.8) is 0 Å². The van der Waals surface area contributed by atoms with Gasteiger partial charge in [0.15, 0.2) is 0 Å². The highest BCUT2D eigenvalue weighted by Gasteiger charge is 2.56. The Morgan fingerprint density at radius 3 is 2.45 bits per heavy atom. The van der Waals surface area contributed by atoms with Gasteiger partial charge in [0.25, 0.3) is 5.91 Å². The van der Waals surface area contributed by atoms with Crippen LogP contribution >= 0.6 is 11.6 Å². The van der Waals surface area contributed by atoms with Gasteiger partial charge < -0.3 is 19.9 Å². The molecule has 0 unspecified atom stereocenters. The number of likely N-dealkylation sites (N-methyl/N-ethyl adjacent to an activating group) is 1. The van der Waals surface area contributed by atoms with Crippen molar-refractivity contribution < 1.29 is 14.3 Å². The molecule has 1 aliphatic heterocycles. The van der Waals surface area contributed by atoms with E-state index in [0.29, 0.717) is 28.8 Å². The van der Waals surface area contributed by atoms with Crippen LogP contribution in [0.15, 0.2) is 18.2 Å². The third-order valence-electron chi connectivity index (χ3n) is 6.98. The van der Waals surface area contributed by atoms with Gasteiger partial charge in [0.1, 0.15) is 11.9 Å². The molecular weight excluding hydrogens is 414 g/mol. The van der Waals surface area contributed by atoms with E-state index in [9.17, 15) is 9.59 Å². The summed E-state index contributed by atoms with van der Waals surface area (Å²) >= 11 is 6.39. The number of halogens is 1. The topological polar surface area (TPSA) is 61.9 Å². The van der Waals surface area contributed by atoms with E-state index in [4.69, 9.17) is 16.3 Å². The lowest BCUT2D eigenvalue weighted by molar-refractivity contribution is -0.135. The highest BCUT2D eigenvalue weighted by atomic mass is 35.5. The molecule has 172 valence electrons. The van der Waals surface area contributed by atoms with E-state index in [0.717, 1.165) is 51.7 Å². The average Bonchev–Trinajstić information content (AvgIpc) is 3.50. The van der Waals surface area contributed by atoms with E-state index in [1.807, 2.05) is 23.9 Å². The lowest BCUT2D eigenvalue weighted by atomic mass is 9.96. The van der Waals surface area contributed by atoms with Gasteiger partial charge >= 0.3 is 0 Å². The molecule has 2 amide bonds. The number of carbonyl (C=O) groups excluding carboxylic acids is 2.